The first-order valence-corrected chi connectivity index (χ1v) is 12.4. The fourth-order valence-electron chi connectivity index (χ4n) is 3.22. The van der Waals surface area contributed by atoms with E-state index in [2.05, 4.69) is 15.6 Å². The summed E-state index contributed by atoms with van der Waals surface area (Å²) in [6.07, 6.45) is 2.21. The Hall–Kier alpha value is -3.31. The second-order valence-corrected chi connectivity index (χ2v) is 8.94. The van der Waals surface area contributed by atoms with Crippen molar-refractivity contribution in [3.63, 3.8) is 0 Å². The van der Waals surface area contributed by atoms with Gasteiger partial charge >= 0.3 is 11.9 Å². The van der Waals surface area contributed by atoms with Crippen LogP contribution in [0.3, 0.4) is 0 Å². The van der Waals surface area contributed by atoms with Crippen molar-refractivity contribution in [1.82, 2.24) is 20.5 Å². The van der Waals surface area contributed by atoms with Crippen molar-refractivity contribution < 1.29 is 29.4 Å². The third-order valence-corrected chi connectivity index (χ3v) is 6.28. The highest BCUT2D eigenvalue weighted by molar-refractivity contribution is 7.15. The fourth-order valence-corrected chi connectivity index (χ4v) is 4.28. The summed E-state index contributed by atoms with van der Waals surface area (Å²) in [4.78, 5) is 52.3. The Morgan fingerprint density at radius 2 is 1.71 bits per heavy atom. The topological polar surface area (TPSA) is 149 Å². The molecule has 35 heavy (non-hydrogen) atoms. The molecule has 1 fully saturated rings. The van der Waals surface area contributed by atoms with Crippen LogP contribution in [0, 0.1) is 0 Å². The largest absolute Gasteiger partial charge is 0.481 e. The third kappa shape index (κ3) is 9.83. The molecule has 0 unspecified atom stereocenters. The number of aryl methyl sites for hydroxylation is 1. The lowest BCUT2D eigenvalue weighted by Gasteiger charge is -2.27. The Balaban J connectivity index is 0.000000540. The molecule has 1 saturated heterocycles. The number of benzene rings is 1. The predicted octanol–water partition coefficient (Wildman–Crippen LogP) is 2.25. The van der Waals surface area contributed by atoms with E-state index in [1.165, 1.54) is 11.3 Å². The molecule has 11 heteroatoms. The molecule has 10 nitrogen and oxygen atoms in total. The molecule has 0 bridgehead atoms. The summed E-state index contributed by atoms with van der Waals surface area (Å²) >= 11 is 1.31. The van der Waals surface area contributed by atoms with E-state index < -0.39 is 17.8 Å². The van der Waals surface area contributed by atoms with Crippen molar-refractivity contribution in [3.8, 4) is 10.6 Å². The molecule has 1 aromatic heterocycles. The van der Waals surface area contributed by atoms with Crippen molar-refractivity contribution in [3.05, 3.63) is 40.9 Å². The van der Waals surface area contributed by atoms with E-state index in [1.807, 2.05) is 37.3 Å². The van der Waals surface area contributed by atoms with Crippen LogP contribution in [0.4, 0.5) is 0 Å². The fraction of sp³-hybridized carbons (Fsp3) is 0.458. The zero-order valence-corrected chi connectivity index (χ0v) is 20.6. The molecule has 1 aliphatic rings. The van der Waals surface area contributed by atoms with Gasteiger partial charge in [-0.15, -0.1) is 11.3 Å². The predicted molar refractivity (Wildman–Crippen MR) is 132 cm³/mol. The van der Waals surface area contributed by atoms with E-state index >= 15 is 0 Å². The van der Waals surface area contributed by atoms with Gasteiger partial charge in [0.25, 0.3) is 5.91 Å². The average molecular weight is 505 g/mol. The van der Waals surface area contributed by atoms with Crippen LogP contribution in [0.5, 0.6) is 0 Å². The average Bonchev–Trinajstić information content (AvgIpc) is 3.30. The molecular weight excluding hydrogens is 472 g/mol. The Kier molecular flexibility index (Phi) is 11.8. The summed E-state index contributed by atoms with van der Waals surface area (Å²) in [6.45, 7) is 4.59. The second-order valence-electron chi connectivity index (χ2n) is 7.86. The molecule has 190 valence electrons. The number of carboxylic acids is 2. The number of aliphatic carboxylic acids is 2. The lowest BCUT2D eigenvalue weighted by Crippen LogP contribution is -2.49. The third-order valence-electron chi connectivity index (χ3n) is 5.11. The van der Waals surface area contributed by atoms with E-state index in [1.54, 1.807) is 4.90 Å². The van der Waals surface area contributed by atoms with E-state index in [0.29, 0.717) is 29.4 Å². The van der Waals surface area contributed by atoms with Gasteiger partial charge < -0.3 is 25.7 Å². The van der Waals surface area contributed by atoms with Gasteiger partial charge in [-0.05, 0) is 12.8 Å². The van der Waals surface area contributed by atoms with Crippen molar-refractivity contribution in [2.75, 3.05) is 32.7 Å². The van der Waals surface area contributed by atoms with Gasteiger partial charge in [-0.2, -0.15) is 0 Å². The number of carboxylic acid groups (broad SMARTS) is 2. The molecule has 0 spiro atoms. The number of amides is 2. The summed E-state index contributed by atoms with van der Waals surface area (Å²) in [5.74, 6) is -2.22. The Labute approximate surface area is 208 Å². The van der Waals surface area contributed by atoms with Crippen LogP contribution in [0.15, 0.2) is 30.3 Å². The van der Waals surface area contributed by atoms with Crippen LogP contribution in [-0.4, -0.2) is 76.6 Å². The van der Waals surface area contributed by atoms with E-state index in [0.717, 1.165) is 31.5 Å². The minimum absolute atomic E-state index is 0.0869. The summed E-state index contributed by atoms with van der Waals surface area (Å²) in [5, 5.41) is 23.5. The first kappa shape index (κ1) is 27.9. The van der Waals surface area contributed by atoms with Crippen molar-refractivity contribution in [2.45, 2.75) is 39.0 Å². The molecule has 1 aromatic carbocycles. The normalized spacial score (nSPS) is 12.9. The highest BCUT2D eigenvalue weighted by Crippen LogP contribution is 2.29. The molecule has 1 aliphatic heterocycles. The maximum Gasteiger partial charge on any atom is 0.303 e. The molecule has 2 aromatic rings. The first-order chi connectivity index (χ1) is 16.8. The number of carbonyl (C=O) groups is 4. The summed E-state index contributed by atoms with van der Waals surface area (Å²) in [5.41, 5.74) is 1.05. The van der Waals surface area contributed by atoms with E-state index in [4.69, 9.17) is 10.2 Å². The lowest BCUT2D eigenvalue weighted by atomic mass is 10.2. The van der Waals surface area contributed by atoms with Crippen LogP contribution in [0.25, 0.3) is 10.6 Å². The zero-order valence-electron chi connectivity index (χ0n) is 19.8. The number of hydrogen-bond acceptors (Lipinski definition) is 7. The molecule has 2 heterocycles. The summed E-state index contributed by atoms with van der Waals surface area (Å²) in [6, 6.07) is 9.40. The van der Waals surface area contributed by atoms with Crippen LogP contribution in [0.2, 0.25) is 0 Å². The summed E-state index contributed by atoms with van der Waals surface area (Å²) < 4.78 is 0. The molecule has 3 rings (SSSR count). The first-order valence-electron chi connectivity index (χ1n) is 11.6. The maximum atomic E-state index is 12.6. The maximum absolute atomic E-state index is 12.6. The van der Waals surface area contributed by atoms with Gasteiger partial charge in [0, 0.05) is 43.0 Å². The lowest BCUT2D eigenvalue weighted by molar-refractivity contribution is -0.138. The number of piperazine rings is 1. The van der Waals surface area contributed by atoms with Gasteiger partial charge in [0.2, 0.25) is 5.91 Å². The Bertz CT molecular complexity index is 989. The molecule has 0 radical (unpaired) electrons. The van der Waals surface area contributed by atoms with Crippen LogP contribution in [-0.2, 0) is 20.8 Å². The molecule has 0 atom stereocenters. The van der Waals surface area contributed by atoms with Crippen LogP contribution in [0.1, 0.15) is 48.0 Å². The molecule has 4 N–H and O–H groups in total. The van der Waals surface area contributed by atoms with Gasteiger partial charge in [0.05, 0.1) is 13.0 Å². The SMILES string of the molecule is CCCCC(=O)O.O=C(O)CCc1sc(-c2ccccc2)nc1C(=O)NCC(=O)N1CCNCC1. The number of unbranched alkanes of at least 4 members (excludes halogenated alkanes) is 1. The van der Waals surface area contributed by atoms with Crippen LogP contribution < -0.4 is 10.6 Å². The van der Waals surface area contributed by atoms with Gasteiger partial charge in [-0.3, -0.25) is 19.2 Å². The van der Waals surface area contributed by atoms with Crippen molar-refractivity contribution >= 4 is 35.1 Å². The van der Waals surface area contributed by atoms with Gasteiger partial charge in [-0.25, -0.2) is 4.98 Å². The van der Waals surface area contributed by atoms with Gasteiger partial charge in [0.1, 0.15) is 10.7 Å². The number of rotatable bonds is 10. The van der Waals surface area contributed by atoms with Crippen LogP contribution >= 0.6 is 11.3 Å². The van der Waals surface area contributed by atoms with Crippen molar-refractivity contribution in [2.24, 2.45) is 0 Å². The summed E-state index contributed by atoms with van der Waals surface area (Å²) in [7, 11) is 0. The van der Waals surface area contributed by atoms with E-state index in [9.17, 15) is 19.2 Å². The number of nitrogens with one attached hydrogen (secondary N) is 2. The smallest absolute Gasteiger partial charge is 0.303 e. The number of thiazole rings is 1. The molecule has 0 aliphatic carbocycles. The number of aromatic nitrogens is 1. The number of nitrogens with zero attached hydrogens (tertiary/aromatic N) is 2. The van der Waals surface area contributed by atoms with E-state index in [-0.39, 0.29) is 31.0 Å². The standard InChI is InChI=1S/C19H22N4O4S.C5H10O2/c24-15(23-10-8-20-9-11-23)12-21-18(27)17-14(6-7-16(25)26)28-19(22-17)13-4-2-1-3-5-13;1-2-3-4-5(6)7/h1-5,20H,6-12H2,(H,21,27)(H,25,26);2-4H2,1H3,(H,6,7). The highest BCUT2D eigenvalue weighted by atomic mass is 32.1. The monoisotopic (exact) mass is 504 g/mol. The number of carbonyl (C=O) groups excluding carboxylic acids is 2. The quantitative estimate of drug-likeness (QED) is 0.385. The Morgan fingerprint density at radius 3 is 2.29 bits per heavy atom. The molecular formula is C24H32N4O6S. The second kappa shape index (κ2) is 14.8. The van der Waals surface area contributed by atoms with Crippen molar-refractivity contribution in [1.29, 1.82) is 0 Å². The Morgan fingerprint density at radius 1 is 1.06 bits per heavy atom. The molecule has 2 amide bonds. The zero-order chi connectivity index (χ0) is 25.6. The van der Waals surface area contributed by atoms with Gasteiger partial charge in [-0.1, -0.05) is 43.7 Å². The van der Waals surface area contributed by atoms with Gasteiger partial charge in [0.15, 0.2) is 0 Å². The molecule has 0 saturated carbocycles. The minimum atomic E-state index is -0.935. The number of hydrogen-bond donors (Lipinski definition) is 4. The highest BCUT2D eigenvalue weighted by Gasteiger charge is 2.22. The minimum Gasteiger partial charge on any atom is -0.481 e.